The van der Waals surface area contributed by atoms with Crippen LogP contribution in [0.2, 0.25) is 0 Å². The van der Waals surface area contributed by atoms with Crippen molar-refractivity contribution in [3.05, 3.63) is 28.2 Å². The second-order valence-corrected chi connectivity index (χ2v) is 7.05. The van der Waals surface area contributed by atoms with Gasteiger partial charge in [-0.1, -0.05) is 13.3 Å². The van der Waals surface area contributed by atoms with E-state index in [1.54, 1.807) is 0 Å². The summed E-state index contributed by atoms with van der Waals surface area (Å²) in [7, 11) is 0. The molecule has 1 aromatic heterocycles. The van der Waals surface area contributed by atoms with Gasteiger partial charge in [0.15, 0.2) is 0 Å². The van der Waals surface area contributed by atoms with Crippen molar-refractivity contribution < 1.29 is 4.74 Å². The number of thiocyanates is 1. The summed E-state index contributed by atoms with van der Waals surface area (Å²) < 4.78 is 7.77. The molecule has 5 heteroatoms. The molecule has 0 amide bonds. The molecule has 0 aliphatic heterocycles. The first-order valence-electron chi connectivity index (χ1n) is 8.18. The van der Waals surface area contributed by atoms with Crippen LogP contribution in [0.1, 0.15) is 63.0 Å². The lowest BCUT2D eigenvalue weighted by molar-refractivity contribution is -0.0419. The summed E-state index contributed by atoms with van der Waals surface area (Å²) in [5.41, 5.74) is 1.17. The van der Waals surface area contributed by atoms with Crippen LogP contribution in [0.5, 0.6) is 0 Å². The Morgan fingerprint density at radius 2 is 2.23 bits per heavy atom. The monoisotopic (exact) mass is 318 g/mol. The zero-order chi connectivity index (χ0) is 15.5. The summed E-state index contributed by atoms with van der Waals surface area (Å²) in [6.45, 7) is 2.92. The Balaban J connectivity index is 1.83. The van der Waals surface area contributed by atoms with Gasteiger partial charge in [0, 0.05) is 12.8 Å². The molecule has 1 aromatic rings. The fraction of sp³-hybridized carbons (Fsp3) is 0.647. The van der Waals surface area contributed by atoms with Gasteiger partial charge in [0.25, 0.3) is 5.56 Å². The van der Waals surface area contributed by atoms with E-state index in [0.717, 1.165) is 44.1 Å². The van der Waals surface area contributed by atoms with E-state index in [4.69, 9.17) is 10.00 Å². The van der Waals surface area contributed by atoms with Crippen molar-refractivity contribution >= 4 is 11.8 Å². The number of thioether (sulfide) groups is 1. The molecule has 2 aliphatic rings. The normalized spacial score (nSPS) is 23.8. The molecule has 2 aliphatic carbocycles. The number of unbranched alkanes of at least 4 members (excludes halogenated alkanes) is 1. The maximum atomic E-state index is 12.6. The summed E-state index contributed by atoms with van der Waals surface area (Å²) in [5, 5.41) is 11.0. The number of hydrogen-bond donors (Lipinski definition) is 0. The van der Waals surface area contributed by atoms with Gasteiger partial charge in [-0.05, 0) is 61.4 Å². The third-order valence-corrected chi connectivity index (χ3v) is 5.20. The number of nitriles is 1. The number of pyridine rings is 1. The lowest BCUT2D eigenvalue weighted by Gasteiger charge is -2.38. The first-order chi connectivity index (χ1) is 10.7. The largest absolute Gasteiger partial charge is 0.376 e. The van der Waals surface area contributed by atoms with E-state index in [0.29, 0.717) is 10.8 Å². The highest BCUT2D eigenvalue weighted by Crippen LogP contribution is 2.42. The number of rotatable bonds is 7. The summed E-state index contributed by atoms with van der Waals surface area (Å²) in [4.78, 5) is 13.2. The molecule has 22 heavy (non-hydrogen) atoms. The van der Waals surface area contributed by atoms with E-state index < -0.39 is 0 Å². The predicted molar refractivity (Wildman–Crippen MR) is 87.1 cm³/mol. The molecule has 1 heterocycles. The number of hydrogen-bond acceptors (Lipinski definition) is 4. The van der Waals surface area contributed by atoms with E-state index in [9.17, 15) is 4.79 Å². The highest BCUT2D eigenvalue weighted by atomic mass is 32.2. The molecule has 0 aromatic carbocycles. The molecule has 0 radical (unpaired) electrons. The van der Waals surface area contributed by atoms with Crippen LogP contribution in [0.25, 0.3) is 0 Å². The van der Waals surface area contributed by atoms with E-state index >= 15 is 0 Å². The van der Waals surface area contributed by atoms with Crippen LogP contribution in [0.3, 0.4) is 0 Å². The minimum absolute atomic E-state index is 0.0373. The average Bonchev–Trinajstić information content (AvgIpc) is 3.31. The molecular weight excluding hydrogens is 296 g/mol. The molecule has 2 atom stereocenters. The van der Waals surface area contributed by atoms with Crippen molar-refractivity contribution in [2.45, 2.75) is 68.4 Å². The first-order valence-corrected chi connectivity index (χ1v) is 8.99. The molecule has 0 N–H and O–H groups in total. The number of nitrogens with zero attached hydrogens (tertiary/aromatic N) is 2. The second-order valence-electron chi connectivity index (χ2n) is 6.23. The smallest absolute Gasteiger partial charge is 0.265 e. The van der Waals surface area contributed by atoms with Crippen molar-refractivity contribution in [2.75, 3.05) is 6.61 Å². The summed E-state index contributed by atoms with van der Waals surface area (Å²) in [6.07, 6.45) is 8.75. The van der Waals surface area contributed by atoms with Gasteiger partial charge in [-0.15, -0.1) is 0 Å². The zero-order valence-electron chi connectivity index (χ0n) is 13.0. The maximum Gasteiger partial charge on any atom is 0.265 e. The average molecular weight is 318 g/mol. The van der Waals surface area contributed by atoms with Gasteiger partial charge in [-0.2, -0.15) is 5.26 Å². The van der Waals surface area contributed by atoms with Gasteiger partial charge in [0.1, 0.15) is 5.40 Å². The van der Waals surface area contributed by atoms with Crippen molar-refractivity contribution in [1.29, 1.82) is 5.26 Å². The molecule has 4 nitrogen and oxygen atoms in total. The Bertz CT molecular complexity index is 631. The Kier molecular flexibility index (Phi) is 4.90. The molecule has 2 fully saturated rings. The SMILES string of the molecule is CCCCO[C@@H]1CC[C@H]1n1cc(C2CC2)cc(SC#N)c1=O. The highest BCUT2D eigenvalue weighted by molar-refractivity contribution is 8.03. The molecule has 0 unspecified atom stereocenters. The highest BCUT2D eigenvalue weighted by Gasteiger charge is 2.35. The first kappa shape index (κ1) is 15.6. The Hall–Kier alpha value is -1.25. The fourth-order valence-electron chi connectivity index (χ4n) is 2.95. The quantitative estimate of drug-likeness (QED) is 0.436. The maximum absolute atomic E-state index is 12.6. The summed E-state index contributed by atoms with van der Waals surface area (Å²) in [5.74, 6) is 0.574. The zero-order valence-corrected chi connectivity index (χ0v) is 13.8. The molecule has 0 bridgehead atoms. The van der Waals surface area contributed by atoms with E-state index in [2.05, 4.69) is 6.92 Å². The van der Waals surface area contributed by atoms with Crippen LogP contribution in [-0.4, -0.2) is 17.3 Å². The van der Waals surface area contributed by atoms with Crippen LogP contribution in [-0.2, 0) is 4.74 Å². The Morgan fingerprint density at radius 3 is 2.82 bits per heavy atom. The molecule has 3 rings (SSSR count). The Labute approximate surface area is 135 Å². The minimum Gasteiger partial charge on any atom is -0.376 e. The summed E-state index contributed by atoms with van der Waals surface area (Å²) in [6, 6.07) is 2.05. The van der Waals surface area contributed by atoms with Crippen LogP contribution >= 0.6 is 11.8 Å². The fourth-order valence-corrected chi connectivity index (χ4v) is 3.43. The Morgan fingerprint density at radius 1 is 1.41 bits per heavy atom. The number of aromatic nitrogens is 1. The van der Waals surface area contributed by atoms with Crippen LogP contribution in [0, 0.1) is 10.7 Å². The standard InChI is InChI=1S/C17H22N2O2S/c1-2-3-8-21-15-7-6-14(15)19-10-13(12-4-5-12)9-16(17(19)20)22-11-18/h9-10,12,14-15H,2-8H2,1H3/t14-,15-/m1/s1. The van der Waals surface area contributed by atoms with Gasteiger partial charge >= 0.3 is 0 Å². The van der Waals surface area contributed by atoms with Gasteiger partial charge in [-0.25, -0.2) is 0 Å². The van der Waals surface area contributed by atoms with Crippen LogP contribution in [0.4, 0.5) is 0 Å². The van der Waals surface area contributed by atoms with Crippen molar-refractivity contribution in [3.8, 4) is 5.40 Å². The van der Waals surface area contributed by atoms with Gasteiger partial charge in [0.2, 0.25) is 0 Å². The summed E-state index contributed by atoms with van der Waals surface area (Å²) >= 11 is 0.982. The van der Waals surface area contributed by atoms with Crippen LogP contribution < -0.4 is 5.56 Å². The van der Waals surface area contributed by atoms with Crippen molar-refractivity contribution in [1.82, 2.24) is 4.57 Å². The van der Waals surface area contributed by atoms with E-state index in [-0.39, 0.29) is 17.7 Å². The van der Waals surface area contributed by atoms with Crippen molar-refractivity contribution in [2.24, 2.45) is 0 Å². The van der Waals surface area contributed by atoms with E-state index in [1.807, 2.05) is 22.2 Å². The van der Waals surface area contributed by atoms with Crippen molar-refractivity contribution in [3.63, 3.8) is 0 Å². The van der Waals surface area contributed by atoms with Gasteiger partial charge < -0.3 is 9.30 Å². The second kappa shape index (κ2) is 6.89. The predicted octanol–water partition coefficient (Wildman–Crippen LogP) is 3.82. The molecule has 0 saturated heterocycles. The minimum atomic E-state index is -0.0373. The lowest BCUT2D eigenvalue weighted by Crippen LogP contribution is -2.41. The third-order valence-electron chi connectivity index (χ3n) is 4.60. The van der Waals surface area contributed by atoms with Gasteiger partial charge in [0.05, 0.1) is 17.0 Å². The molecule has 118 valence electrons. The third kappa shape index (κ3) is 3.23. The molecule has 0 spiro atoms. The topological polar surface area (TPSA) is 55.0 Å². The number of ether oxygens (including phenoxy) is 1. The molecular formula is C17H22N2O2S. The molecule has 2 saturated carbocycles. The van der Waals surface area contributed by atoms with Crippen LogP contribution in [0.15, 0.2) is 22.0 Å². The van der Waals surface area contributed by atoms with E-state index in [1.165, 1.54) is 18.4 Å². The van der Waals surface area contributed by atoms with Gasteiger partial charge in [-0.3, -0.25) is 4.79 Å². The lowest BCUT2D eigenvalue weighted by atomic mass is 9.88.